The molecule has 28 heavy (non-hydrogen) atoms. The SMILES string of the molecule is COc1ccc(C2=C(N3CCOCC3)C(=O)N(Cc3ccccn3)C2=O)cc1. The molecule has 1 fully saturated rings. The van der Waals surface area contributed by atoms with Crippen LogP contribution in [0.4, 0.5) is 0 Å². The quantitative estimate of drug-likeness (QED) is 0.737. The highest BCUT2D eigenvalue weighted by atomic mass is 16.5. The summed E-state index contributed by atoms with van der Waals surface area (Å²) in [7, 11) is 1.59. The molecule has 0 aliphatic carbocycles. The van der Waals surface area contributed by atoms with Crippen LogP contribution in [0.2, 0.25) is 0 Å². The standard InChI is InChI=1S/C21H21N3O4/c1-27-17-7-5-15(6-8-17)18-19(23-10-12-28-13-11-23)21(26)24(20(18)25)14-16-4-2-3-9-22-16/h2-9H,10-14H2,1H3. The van der Waals surface area contributed by atoms with E-state index < -0.39 is 0 Å². The summed E-state index contributed by atoms with van der Waals surface area (Å²) in [5.74, 6) is 0.102. The third kappa shape index (κ3) is 3.36. The van der Waals surface area contributed by atoms with Crippen molar-refractivity contribution < 1.29 is 19.1 Å². The Morgan fingerprint density at radius 1 is 1.04 bits per heavy atom. The smallest absolute Gasteiger partial charge is 0.278 e. The lowest BCUT2D eigenvalue weighted by atomic mass is 10.0. The number of benzene rings is 1. The summed E-state index contributed by atoms with van der Waals surface area (Å²) in [5, 5.41) is 0. The Bertz CT molecular complexity index is 903. The van der Waals surface area contributed by atoms with Gasteiger partial charge in [-0.15, -0.1) is 0 Å². The van der Waals surface area contributed by atoms with Gasteiger partial charge >= 0.3 is 0 Å². The van der Waals surface area contributed by atoms with Gasteiger partial charge in [0, 0.05) is 19.3 Å². The van der Waals surface area contributed by atoms with Crippen molar-refractivity contribution in [3.8, 4) is 5.75 Å². The summed E-state index contributed by atoms with van der Waals surface area (Å²) in [4.78, 5) is 34.0. The molecule has 0 spiro atoms. The zero-order valence-corrected chi connectivity index (χ0v) is 15.6. The molecule has 1 saturated heterocycles. The number of nitrogens with zero attached hydrogens (tertiary/aromatic N) is 3. The maximum absolute atomic E-state index is 13.3. The minimum Gasteiger partial charge on any atom is -0.497 e. The van der Waals surface area contributed by atoms with Gasteiger partial charge in [0.1, 0.15) is 11.4 Å². The number of rotatable bonds is 5. The second kappa shape index (κ2) is 7.82. The maximum atomic E-state index is 13.3. The van der Waals surface area contributed by atoms with Crippen LogP contribution in [0.25, 0.3) is 5.57 Å². The van der Waals surface area contributed by atoms with Crippen LogP contribution in [-0.2, 0) is 20.9 Å². The summed E-state index contributed by atoms with van der Waals surface area (Å²) >= 11 is 0. The molecule has 2 aliphatic heterocycles. The molecular weight excluding hydrogens is 358 g/mol. The molecular formula is C21H21N3O4. The molecule has 7 nitrogen and oxygen atoms in total. The average molecular weight is 379 g/mol. The number of hydrogen-bond acceptors (Lipinski definition) is 6. The Morgan fingerprint density at radius 3 is 2.43 bits per heavy atom. The monoisotopic (exact) mass is 379 g/mol. The molecule has 0 atom stereocenters. The first-order valence-corrected chi connectivity index (χ1v) is 9.16. The lowest BCUT2D eigenvalue weighted by Gasteiger charge is -2.29. The first-order valence-electron chi connectivity index (χ1n) is 9.16. The molecule has 0 saturated carbocycles. The number of morpholine rings is 1. The Hall–Kier alpha value is -3.19. The molecule has 0 unspecified atom stereocenters. The molecule has 4 rings (SSSR count). The molecule has 0 radical (unpaired) electrons. The first-order chi connectivity index (χ1) is 13.7. The zero-order chi connectivity index (χ0) is 19.5. The van der Waals surface area contributed by atoms with Crippen molar-refractivity contribution in [3.63, 3.8) is 0 Å². The summed E-state index contributed by atoms with van der Waals surface area (Å²) in [6.45, 7) is 2.35. The van der Waals surface area contributed by atoms with Crippen molar-refractivity contribution in [1.29, 1.82) is 0 Å². The van der Waals surface area contributed by atoms with Gasteiger partial charge < -0.3 is 14.4 Å². The average Bonchev–Trinajstić information content (AvgIpc) is 3.00. The number of pyridine rings is 1. The Labute approximate surface area is 163 Å². The van der Waals surface area contributed by atoms with Crippen molar-refractivity contribution in [3.05, 3.63) is 65.6 Å². The summed E-state index contributed by atoms with van der Waals surface area (Å²) < 4.78 is 10.6. The van der Waals surface area contributed by atoms with Crippen LogP contribution in [0.1, 0.15) is 11.3 Å². The molecule has 7 heteroatoms. The lowest BCUT2D eigenvalue weighted by Crippen LogP contribution is -2.40. The molecule has 3 heterocycles. The van der Waals surface area contributed by atoms with Gasteiger partial charge in [-0.3, -0.25) is 19.5 Å². The van der Waals surface area contributed by atoms with Crippen molar-refractivity contribution in [2.75, 3.05) is 33.4 Å². The number of carbonyl (C=O) groups is 2. The highest BCUT2D eigenvalue weighted by molar-refractivity contribution is 6.35. The second-order valence-electron chi connectivity index (χ2n) is 6.57. The van der Waals surface area contributed by atoms with Gasteiger partial charge in [-0.25, -0.2) is 0 Å². The molecule has 144 valence electrons. The number of ether oxygens (including phenoxy) is 2. The summed E-state index contributed by atoms with van der Waals surface area (Å²) in [6.07, 6.45) is 1.65. The molecule has 0 N–H and O–H groups in total. The van der Waals surface area contributed by atoms with Crippen LogP contribution in [0, 0.1) is 0 Å². The molecule has 1 aromatic heterocycles. The molecule has 1 aromatic carbocycles. The van der Waals surface area contributed by atoms with E-state index in [0.29, 0.717) is 54.6 Å². The van der Waals surface area contributed by atoms with Crippen molar-refractivity contribution in [1.82, 2.24) is 14.8 Å². The van der Waals surface area contributed by atoms with E-state index in [1.54, 1.807) is 37.6 Å². The third-order valence-electron chi connectivity index (χ3n) is 4.90. The molecule has 0 bridgehead atoms. The van der Waals surface area contributed by atoms with Crippen LogP contribution < -0.4 is 4.74 Å². The maximum Gasteiger partial charge on any atom is 0.278 e. The largest absolute Gasteiger partial charge is 0.497 e. The van der Waals surface area contributed by atoms with Crippen molar-refractivity contribution in [2.45, 2.75) is 6.54 Å². The van der Waals surface area contributed by atoms with Gasteiger partial charge in [-0.05, 0) is 29.8 Å². The fraction of sp³-hybridized carbons (Fsp3) is 0.286. The van der Waals surface area contributed by atoms with Gasteiger partial charge in [0.2, 0.25) is 0 Å². The van der Waals surface area contributed by atoms with E-state index >= 15 is 0 Å². The number of imide groups is 1. The fourth-order valence-corrected chi connectivity index (χ4v) is 3.46. The van der Waals surface area contributed by atoms with E-state index in [0.717, 1.165) is 0 Å². The van der Waals surface area contributed by atoms with E-state index in [4.69, 9.17) is 9.47 Å². The van der Waals surface area contributed by atoms with Crippen LogP contribution in [-0.4, -0.2) is 60.0 Å². The summed E-state index contributed by atoms with van der Waals surface area (Å²) in [6, 6.07) is 12.6. The topological polar surface area (TPSA) is 72.0 Å². The van der Waals surface area contributed by atoms with Gasteiger partial charge in [0.25, 0.3) is 11.8 Å². The highest BCUT2D eigenvalue weighted by Gasteiger charge is 2.42. The number of carbonyl (C=O) groups excluding carboxylic acids is 2. The molecule has 2 aromatic rings. The van der Waals surface area contributed by atoms with Crippen LogP contribution in [0.15, 0.2) is 54.4 Å². The first kappa shape index (κ1) is 18.2. The number of aromatic nitrogens is 1. The molecule has 2 aliphatic rings. The van der Waals surface area contributed by atoms with Crippen molar-refractivity contribution in [2.24, 2.45) is 0 Å². The predicted octanol–water partition coefficient (Wildman–Crippen LogP) is 1.70. The van der Waals surface area contributed by atoms with Gasteiger partial charge in [-0.1, -0.05) is 18.2 Å². The normalized spacial score (nSPS) is 17.5. The van der Waals surface area contributed by atoms with E-state index in [1.807, 2.05) is 23.1 Å². The van der Waals surface area contributed by atoms with Crippen LogP contribution in [0.3, 0.4) is 0 Å². The van der Waals surface area contributed by atoms with Crippen LogP contribution >= 0.6 is 0 Å². The van der Waals surface area contributed by atoms with Crippen LogP contribution in [0.5, 0.6) is 5.75 Å². The number of methoxy groups -OCH3 is 1. The minimum atomic E-state index is -0.303. The fourth-order valence-electron chi connectivity index (χ4n) is 3.46. The molecule has 2 amide bonds. The zero-order valence-electron chi connectivity index (χ0n) is 15.6. The number of amides is 2. The Kier molecular flexibility index (Phi) is 5.08. The van der Waals surface area contributed by atoms with Gasteiger partial charge in [0.15, 0.2) is 0 Å². The van der Waals surface area contributed by atoms with E-state index in [1.165, 1.54) is 4.90 Å². The van der Waals surface area contributed by atoms with E-state index in [9.17, 15) is 9.59 Å². The predicted molar refractivity (Wildman–Crippen MR) is 102 cm³/mol. The van der Waals surface area contributed by atoms with Gasteiger partial charge in [0.05, 0.1) is 38.1 Å². The minimum absolute atomic E-state index is 0.145. The Balaban J connectivity index is 1.73. The van der Waals surface area contributed by atoms with Crippen molar-refractivity contribution >= 4 is 17.4 Å². The second-order valence-corrected chi connectivity index (χ2v) is 6.57. The Morgan fingerprint density at radius 2 is 1.79 bits per heavy atom. The lowest BCUT2D eigenvalue weighted by molar-refractivity contribution is -0.138. The number of hydrogen-bond donors (Lipinski definition) is 0. The van der Waals surface area contributed by atoms with Gasteiger partial charge in [-0.2, -0.15) is 0 Å². The highest BCUT2D eigenvalue weighted by Crippen LogP contribution is 2.33. The van der Waals surface area contributed by atoms with E-state index in [2.05, 4.69) is 4.98 Å². The summed E-state index contributed by atoms with van der Waals surface area (Å²) in [5.41, 5.74) is 2.23. The van der Waals surface area contributed by atoms with E-state index in [-0.39, 0.29) is 18.4 Å². The third-order valence-corrected chi connectivity index (χ3v) is 4.90.